The van der Waals surface area contributed by atoms with E-state index in [2.05, 4.69) is 4.98 Å². The Morgan fingerprint density at radius 3 is 2.91 bits per heavy atom. The van der Waals surface area contributed by atoms with Gasteiger partial charge in [0.25, 0.3) is 5.91 Å². The van der Waals surface area contributed by atoms with Gasteiger partial charge in [-0.05, 0) is 44.0 Å². The van der Waals surface area contributed by atoms with E-state index in [1.54, 1.807) is 24.0 Å². The number of aromatic nitrogens is 1. The Morgan fingerprint density at radius 2 is 2.22 bits per heavy atom. The zero-order valence-corrected chi connectivity index (χ0v) is 13.0. The summed E-state index contributed by atoms with van der Waals surface area (Å²) < 4.78 is 23.7. The van der Waals surface area contributed by atoms with E-state index in [9.17, 15) is 9.18 Å². The van der Waals surface area contributed by atoms with E-state index >= 15 is 0 Å². The van der Waals surface area contributed by atoms with Gasteiger partial charge in [0.05, 0.1) is 6.61 Å². The molecule has 0 bridgehead atoms. The molecule has 1 fully saturated rings. The minimum Gasteiger partial charge on any atom is -0.493 e. The number of carbonyl (C=O) groups excluding carboxylic acids is 1. The number of ether oxygens (including phenoxy) is 1. The molecule has 0 radical (unpaired) electrons. The third kappa shape index (κ3) is 3.70. The second-order valence-corrected chi connectivity index (χ2v) is 5.78. The number of hydrogen-bond donors (Lipinski definition) is 0. The lowest BCUT2D eigenvalue weighted by Gasteiger charge is -2.32. The van der Waals surface area contributed by atoms with Crippen molar-refractivity contribution in [1.29, 1.82) is 0 Å². The van der Waals surface area contributed by atoms with Crippen LogP contribution in [0.4, 0.5) is 4.39 Å². The predicted molar refractivity (Wildman–Crippen MR) is 81.8 cm³/mol. The van der Waals surface area contributed by atoms with Gasteiger partial charge in [0.1, 0.15) is 17.3 Å². The maximum Gasteiger partial charge on any atom is 0.276 e. The number of oxazole rings is 1. The highest BCUT2D eigenvalue weighted by molar-refractivity contribution is 5.93. The van der Waals surface area contributed by atoms with Gasteiger partial charge in [0.2, 0.25) is 0 Å². The molecule has 2 heterocycles. The van der Waals surface area contributed by atoms with Crippen LogP contribution < -0.4 is 4.74 Å². The number of aryl methyl sites for hydroxylation is 1. The van der Waals surface area contributed by atoms with Gasteiger partial charge in [-0.2, -0.15) is 0 Å². The number of rotatable bonds is 4. The fourth-order valence-corrected chi connectivity index (χ4v) is 2.79. The lowest BCUT2D eigenvalue weighted by Crippen LogP contribution is -2.41. The minimum atomic E-state index is -0.283. The summed E-state index contributed by atoms with van der Waals surface area (Å²) in [5.41, 5.74) is 0.380. The Labute approximate surface area is 134 Å². The molecular formula is C17H19FN2O3. The lowest BCUT2D eigenvalue weighted by atomic mass is 9.98. The maximum atomic E-state index is 12.9. The Hall–Kier alpha value is -2.37. The molecular weight excluding hydrogens is 299 g/mol. The van der Waals surface area contributed by atoms with Crippen LogP contribution in [0.3, 0.4) is 0 Å². The van der Waals surface area contributed by atoms with Crippen LogP contribution in [0.5, 0.6) is 5.75 Å². The van der Waals surface area contributed by atoms with Gasteiger partial charge in [0.15, 0.2) is 12.1 Å². The van der Waals surface area contributed by atoms with Crippen LogP contribution in [0.15, 0.2) is 35.1 Å². The highest BCUT2D eigenvalue weighted by atomic mass is 19.1. The third-order valence-electron chi connectivity index (χ3n) is 4.05. The normalized spacial score (nSPS) is 18.0. The minimum absolute atomic E-state index is 0.0947. The second kappa shape index (κ2) is 6.81. The molecule has 23 heavy (non-hydrogen) atoms. The number of amides is 1. The van der Waals surface area contributed by atoms with Crippen molar-refractivity contribution in [3.63, 3.8) is 0 Å². The van der Waals surface area contributed by atoms with Crippen LogP contribution in [0, 0.1) is 18.7 Å². The van der Waals surface area contributed by atoms with Gasteiger partial charge in [0, 0.05) is 19.0 Å². The van der Waals surface area contributed by atoms with Crippen LogP contribution in [0.1, 0.15) is 29.1 Å². The van der Waals surface area contributed by atoms with Crippen molar-refractivity contribution in [2.24, 2.45) is 5.92 Å². The zero-order valence-electron chi connectivity index (χ0n) is 13.0. The average molecular weight is 318 g/mol. The summed E-state index contributed by atoms with van der Waals surface area (Å²) in [5.74, 6) is 1.06. The van der Waals surface area contributed by atoms with Crippen LogP contribution in [0.25, 0.3) is 0 Å². The third-order valence-corrected chi connectivity index (χ3v) is 4.05. The predicted octanol–water partition coefficient (Wildman–Crippen LogP) is 3.05. The average Bonchev–Trinajstić information content (AvgIpc) is 3.00. The van der Waals surface area contributed by atoms with E-state index < -0.39 is 0 Å². The fraction of sp³-hybridized carbons (Fsp3) is 0.412. The monoisotopic (exact) mass is 318 g/mol. The molecule has 1 aromatic carbocycles. The van der Waals surface area contributed by atoms with Crippen molar-refractivity contribution in [3.8, 4) is 5.75 Å². The molecule has 1 aliphatic heterocycles. The van der Waals surface area contributed by atoms with Crippen molar-refractivity contribution in [2.45, 2.75) is 19.8 Å². The molecule has 6 heteroatoms. The Kier molecular flexibility index (Phi) is 4.60. The molecule has 1 atom stereocenters. The first-order chi connectivity index (χ1) is 11.1. The number of carbonyl (C=O) groups is 1. The maximum absolute atomic E-state index is 12.9. The number of benzene rings is 1. The Balaban J connectivity index is 1.57. The number of piperidine rings is 1. The molecule has 0 unspecified atom stereocenters. The van der Waals surface area contributed by atoms with Crippen molar-refractivity contribution in [1.82, 2.24) is 9.88 Å². The van der Waals surface area contributed by atoms with E-state index in [0.717, 1.165) is 19.4 Å². The van der Waals surface area contributed by atoms with Crippen molar-refractivity contribution in [3.05, 3.63) is 47.9 Å². The van der Waals surface area contributed by atoms with E-state index in [0.29, 0.717) is 30.4 Å². The number of nitrogens with zero attached hydrogens (tertiary/aromatic N) is 2. The van der Waals surface area contributed by atoms with Gasteiger partial charge in [-0.15, -0.1) is 0 Å². The second-order valence-electron chi connectivity index (χ2n) is 5.78. The molecule has 0 N–H and O–H groups in total. The molecule has 5 nitrogen and oxygen atoms in total. The van der Waals surface area contributed by atoms with Crippen molar-refractivity contribution >= 4 is 5.91 Å². The zero-order chi connectivity index (χ0) is 16.2. The van der Waals surface area contributed by atoms with Gasteiger partial charge >= 0.3 is 0 Å². The molecule has 2 aromatic rings. The summed E-state index contributed by atoms with van der Waals surface area (Å²) >= 11 is 0. The molecule has 122 valence electrons. The molecule has 1 saturated heterocycles. The molecule has 1 aliphatic rings. The van der Waals surface area contributed by atoms with Crippen molar-refractivity contribution in [2.75, 3.05) is 19.7 Å². The summed E-state index contributed by atoms with van der Waals surface area (Å²) in [7, 11) is 0. The highest BCUT2D eigenvalue weighted by Gasteiger charge is 2.27. The molecule has 1 aromatic heterocycles. The standard InChI is InChI=1S/C17H19FN2O3/c1-12-16(19-11-23-12)17(21)20-8-2-3-13(9-20)10-22-15-6-4-14(18)5-7-15/h4-7,11,13H,2-3,8-10H2,1H3/t13-/m0/s1. The molecule has 3 rings (SSSR count). The first-order valence-electron chi connectivity index (χ1n) is 7.71. The highest BCUT2D eigenvalue weighted by Crippen LogP contribution is 2.21. The van der Waals surface area contributed by atoms with Gasteiger partial charge in [-0.1, -0.05) is 0 Å². The quantitative estimate of drug-likeness (QED) is 0.869. The smallest absolute Gasteiger partial charge is 0.276 e. The Bertz CT molecular complexity index is 669. The SMILES string of the molecule is Cc1ocnc1C(=O)N1CCC[C@H](COc2ccc(F)cc2)C1. The lowest BCUT2D eigenvalue weighted by molar-refractivity contribution is 0.0626. The van der Waals surface area contributed by atoms with Crippen molar-refractivity contribution < 1.29 is 18.3 Å². The summed E-state index contributed by atoms with van der Waals surface area (Å²) in [6.45, 7) is 3.59. The number of halogens is 1. The number of hydrogen-bond acceptors (Lipinski definition) is 4. The molecule has 0 saturated carbocycles. The van der Waals surface area contributed by atoms with E-state index in [4.69, 9.17) is 9.15 Å². The van der Waals surface area contributed by atoms with E-state index in [1.165, 1.54) is 18.5 Å². The van der Waals surface area contributed by atoms with Gasteiger partial charge in [-0.3, -0.25) is 4.79 Å². The molecule has 0 spiro atoms. The van der Waals surface area contributed by atoms with E-state index in [1.807, 2.05) is 0 Å². The van der Waals surface area contributed by atoms with Crippen LogP contribution in [-0.4, -0.2) is 35.5 Å². The van der Waals surface area contributed by atoms with Crippen LogP contribution in [-0.2, 0) is 0 Å². The fourth-order valence-electron chi connectivity index (χ4n) is 2.79. The molecule has 1 amide bonds. The van der Waals surface area contributed by atoms with Crippen LogP contribution in [0.2, 0.25) is 0 Å². The first-order valence-corrected chi connectivity index (χ1v) is 7.71. The first kappa shape index (κ1) is 15.5. The Morgan fingerprint density at radius 1 is 1.43 bits per heavy atom. The largest absolute Gasteiger partial charge is 0.493 e. The summed E-state index contributed by atoms with van der Waals surface area (Å²) in [6, 6.07) is 5.97. The topological polar surface area (TPSA) is 55.6 Å². The summed E-state index contributed by atoms with van der Waals surface area (Å²) in [4.78, 5) is 18.3. The van der Waals surface area contributed by atoms with Gasteiger partial charge < -0.3 is 14.1 Å². The van der Waals surface area contributed by atoms with Crippen LogP contribution >= 0.6 is 0 Å². The summed E-state index contributed by atoms with van der Waals surface area (Å²) in [6.07, 6.45) is 3.23. The van der Waals surface area contributed by atoms with E-state index in [-0.39, 0.29) is 17.6 Å². The summed E-state index contributed by atoms with van der Waals surface area (Å²) in [5, 5.41) is 0. The molecule has 0 aliphatic carbocycles. The van der Waals surface area contributed by atoms with Gasteiger partial charge in [-0.25, -0.2) is 9.37 Å². The number of likely N-dealkylation sites (tertiary alicyclic amines) is 1.